The maximum atomic E-state index is 12.9. The number of rotatable bonds is 5. The number of nitrogens with one attached hydrogen (secondary N) is 1. The highest BCUT2D eigenvalue weighted by Crippen LogP contribution is 2.27. The molecule has 3 rings (SSSR count). The van der Waals surface area contributed by atoms with Gasteiger partial charge in [0.2, 0.25) is 11.8 Å². The summed E-state index contributed by atoms with van der Waals surface area (Å²) in [5.41, 5.74) is 1.22. The van der Waals surface area contributed by atoms with Gasteiger partial charge in [-0.1, -0.05) is 29.4 Å². The van der Waals surface area contributed by atoms with E-state index < -0.39 is 5.25 Å². The minimum Gasteiger partial charge on any atom is -0.411 e. The summed E-state index contributed by atoms with van der Waals surface area (Å²) in [6.45, 7) is 1.72. The summed E-state index contributed by atoms with van der Waals surface area (Å²) in [4.78, 5) is 12.2. The second-order valence-electron chi connectivity index (χ2n) is 5.14. The summed E-state index contributed by atoms with van der Waals surface area (Å²) in [7, 11) is 0. The molecule has 0 radical (unpaired) electrons. The molecule has 25 heavy (non-hydrogen) atoms. The molecule has 3 aromatic rings. The first-order chi connectivity index (χ1) is 12.0. The van der Waals surface area contributed by atoms with Crippen LogP contribution in [0.4, 0.5) is 10.1 Å². The van der Waals surface area contributed by atoms with Gasteiger partial charge in [-0.3, -0.25) is 4.79 Å². The van der Waals surface area contributed by atoms with Crippen LogP contribution in [0.1, 0.15) is 6.92 Å². The Morgan fingerprint density at radius 1 is 1.24 bits per heavy atom. The van der Waals surface area contributed by atoms with Gasteiger partial charge in [0.05, 0.1) is 5.25 Å². The Balaban J connectivity index is 1.64. The second kappa shape index (κ2) is 7.67. The van der Waals surface area contributed by atoms with Gasteiger partial charge in [-0.25, -0.2) is 4.39 Å². The topological polar surface area (TPSA) is 68.0 Å². The van der Waals surface area contributed by atoms with E-state index in [1.807, 2.05) is 0 Å². The molecular weight excluding hydrogens is 365 g/mol. The Kier molecular flexibility index (Phi) is 5.35. The highest BCUT2D eigenvalue weighted by atomic mass is 35.5. The number of benzene rings is 2. The van der Waals surface area contributed by atoms with Crippen molar-refractivity contribution in [1.29, 1.82) is 0 Å². The van der Waals surface area contributed by atoms with Gasteiger partial charge in [0.1, 0.15) is 5.82 Å². The van der Waals surface area contributed by atoms with E-state index in [2.05, 4.69) is 15.5 Å². The molecule has 0 aliphatic heterocycles. The number of amides is 1. The second-order valence-corrected chi connectivity index (χ2v) is 6.87. The van der Waals surface area contributed by atoms with Crippen molar-refractivity contribution in [3.8, 4) is 11.5 Å². The van der Waals surface area contributed by atoms with Crippen LogP contribution in [0.2, 0.25) is 5.02 Å². The fraction of sp³-hybridized carbons (Fsp3) is 0.118. The average molecular weight is 378 g/mol. The van der Waals surface area contributed by atoms with E-state index >= 15 is 0 Å². The normalized spacial score (nSPS) is 12.0. The predicted octanol–water partition coefficient (Wildman–Crippen LogP) is 4.65. The van der Waals surface area contributed by atoms with E-state index in [0.717, 1.165) is 11.8 Å². The van der Waals surface area contributed by atoms with Crippen molar-refractivity contribution < 1.29 is 13.6 Å². The van der Waals surface area contributed by atoms with Gasteiger partial charge in [0.15, 0.2) is 0 Å². The van der Waals surface area contributed by atoms with Crippen LogP contribution >= 0.6 is 23.4 Å². The molecule has 0 saturated carbocycles. The number of carbonyl (C=O) groups is 1. The lowest BCUT2D eigenvalue weighted by Crippen LogP contribution is -2.22. The van der Waals surface area contributed by atoms with E-state index in [9.17, 15) is 9.18 Å². The van der Waals surface area contributed by atoms with Crippen LogP contribution in [-0.2, 0) is 4.79 Å². The van der Waals surface area contributed by atoms with Gasteiger partial charge in [-0.15, -0.1) is 10.2 Å². The zero-order valence-corrected chi connectivity index (χ0v) is 14.6. The monoisotopic (exact) mass is 377 g/mol. The van der Waals surface area contributed by atoms with Crippen LogP contribution < -0.4 is 5.32 Å². The highest BCUT2D eigenvalue weighted by Gasteiger charge is 2.19. The standard InChI is InChI=1S/C17H13ClFN3O2S/c1-10(15(23)20-14-7-5-13(19)6-8-14)25-17-22-21-16(24-17)11-3-2-4-12(18)9-11/h2-10H,1H3,(H,20,23)/t10-/m0/s1. The van der Waals surface area contributed by atoms with Crippen LogP contribution in [0.15, 0.2) is 58.2 Å². The average Bonchev–Trinajstić information content (AvgIpc) is 3.05. The maximum absolute atomic E-state index is 12.9. The zero-order chi connectivity index (χ0) is 17.8. The first kappa shape index (κ1) is 17.4. The Hall–Kier alpha value is -2.38. The summed E-state index contributed by atoms with van der Waals surface area (Å²) in [5.74, 6) is -0.282. The molecule has 5 nitrogen and oxygen atoms in total. The lowest BCUT2D eigenvalue weighted by molar-refractivity contribution is -0.115. The maximum Gasteiger partial charge on any atom is 0.277 e. The summed E-state index contributed by atoms with van der Waals surface area (Å²) in [6.07, 6.45) is 0. The molecule has 1 amide bonds. The van der Waals surface area contributed by atoms with Gasteiger partial charge in [0, 0.05) is 16.3 Å². The van der Waals surface area contributed by atoms with Gasteiger partial charge in [0.25, 0.3) is 5.22 Å². The molecule has 8 heteroatoms. The SMILES string of the molecule is C[C@H](Sc1nnc(-c2cccc(Cl)c2)o1)C(=O)Nc1ccc(F)cc1. The minimum atomic E-state index is -0.474. The number of thioether (sulfide) groups is 1. The number of hydrogen-bond acceptors (Lipinski definition) is 5. The Labute approximate surface area is 152 Å². The summed E-state index contributed by atoms with van der Waals surface area (Å²) in [6, 6.07) is 12.6. The number of anilines is 1. The number of aromatic nitrogens is 2. The largest absolute Gasteiger partial charge is 0.411 e. The molecular formula is C17H13ClFN3O2S. The fourth-order valence-electron chi connectivity index (χ4n) is 1.98. The van der Waals surface area contributed by atoms with Crippen LogP contribution in [0, 0.1) is 5.82 Å². The van der Waals surface area contributed by atoms with Crippen molar-refractivity contribution in [1.82, 2.24) is 10.2 Å². The van der Waals surface area contributed by atoms with E-state index in [1.165, 1.54) is 24.3 Å². The van der Waals surface area contributed by atoms with Gasteiger partial charge in [-0.2, -0.15) is 0 Å². The van der Waals surface area contributed by atoms with Crippen molar-refractivity contribution in [3.05, 3.63) is 59.4 Å². The predicted molar refractivity (Wildman–Crippen MR) is 95.1 cm³/mol. The zero-order valence-electron chi connectivity index (χ0n) is 13.1. The van der Waals surface area contributed by atoms with Gasteiger partial charge in [-0.05, 0) is 49.4 Å². The Morgan fingerprint density at radius 2 is 2.00 bits per heavy atom. The smallest absolute Gasteiger partial charge is 0.277 e. The van der Waals surface area contributed by atoms with Crippen molar-refractivity contribution in [2.75, 3.05) is 5.32 Å². The first-order valence-corrected chi connectivity index (χ1v) is 8.59. The summed E-state index contributed by atoms with van der Waals surface area (Å²) in [5, 5.41) is 11.0. The molecule has 0 fully saturated rings. The lowest BCUT2D eigenvalue weighted by atomic mass is 10.2. The molecule has 1 atom stereocenters. The fourth-order valence-corrected chi connectivity index (χ4v) is 2.85. The third-order valence-corrected chi connectivity index (χ3v) is 4.41. The molecule has 1 heterocycles. The third kappa shape index (κ3) is 4.58. The quantitative estimate of drug-likeness (QED) is 0.655. The van der Waals surface area contributed by atoms with E-state index in [4.69, 9.17) is 16.0 Å². The third-order valence-electron chi connectivity index (χ3n) is 3.24. The molecule has 0 aliphatic carbocycles. The Morgan fingerprint density at radius 3 is 2.72 bits per heavy atom. The first-order valence-electron chi connectivity index (χ1n) is 7.34. The molecule has 0 saturated heterocycles. The van der Waals surface area contributed by atoms with Crippen LogP contribution in [-0.4, -0.2) is 21.4 Å². The number of nitrogens with zero attached hydrogens (tertiary/aromatic N) is 2. The van der Waals surface area contributed by atoms with Crippen molar-refractivity contribution in [2.45, 2.75) is 17.4 Å². The molecule has 0 aliphatic rings. The molecule has 128 valence electrons. The van der Waals surface area contributed by atoms with E-state index in [1.54, 1.807) is 31.2 Å². The molecule has 1 aromatic heterocycles. The molecule has 1 N–H and O–H groups in total. The van der Waals surface area contributed by atoms with Crippen LogP contribution in [0.5, 0.6) is 0 Å². The number of carbonyl (C=O) groups excluding carboxylic acids is 1. The van der Waals surface area contributed by atoms with E-state index in [-0.39, 0.29) is 16.9 Å². The van der Waals surface area contributed by atoms with Crippen molar-refractivity contribution in [3.63, 3.8) is 0 Å². The summed E-state index contributed by atoms with van der Waals surface area (Å²) < 4.78 is 18.4. The molecule has 0 unspecified atom stereocenters. The minimum absolute atomic E-state index is 0.251. The Bertz CT molecular complexity index is 886. The van der Waals surface area contributed by atoms with Gasteiger partial charge >= 0.3 is 0 Å². The summed E-state index contributed by atoms with van der Waals surface area (Å²) >= 11 is 7.08. The van der Waals surface area contributed by atoms with Crippen molar-refractivity contribution >= 4 is 35.0 Å². The van der Waals surface area contributed by atoms with Crippen LogP contribution in [0.3, 0.4) is 0 Å². The van der Waals surface area contributed by atoms with Gasteiger partial charge < -0.3 is 9.73 Å². The lowest BCUT2D eigenvalue weighted by Gasteiger charge is -2.09. The molecule has 0 bridgehead atoms. The molecule has 0 spiro atoms. The molecule has 2 aromatic carbocycles. The number of hydrogen-bond donors (Lipinski definition) is 1. The van der Waals surface area contributed by atoms with Crippen LogP contribution in [0.25, 0.3) is 11.5 Å². The highest BCUT2D eigenvalue weighted by molar-refractivity contribution is 8.00. The van der Waals surface area contributed by atoms with E-state index in [0.29, 0.717) is 22.2 Å². The van der Waals surface area contributed by atoms with Crippen molar-refractivity contribution in [2.24, 2.45) is 0 Å². The number of halogens is 2.